The van der Waals surface area contributed by atoms with E-state index in [1.165, 1.54) is 5.56 Å². The number of hydrogen-bond donors (Lipinski definition) is 0. The Kier molecular flexibility index (Phi) is 3.57. The normalized spacial score (nSPS) is 24.2. The maximum atomic E-state index is 6.25. The molecule has 1 aliphatic heterocycles. The fourth-order valence-electron chi connectivity index (χ4n) is 2.43. The predicted octanol–water partition coefficient (Wildman–Crippen LogP) is 3.99. The first-order valence-corrected chi connectivity index (χ1v) is 7.14. The lowest BCUT2D eigenvalue weighted by Crippen LogP contribution is -2.43. The Morgan fingerprint density at radius 1 is 1.00 bits per heavy atom. The first kappa shape index (κ1) is 14.6. The molecule has 0 N–H and O–H groups in total. The minimum atomic E-state index is -0.275. The number of benzene rings is 1. The van der Waals surface area contributed by atoms with Gasteiger partial charge in [0.15, 0.2) is 0 Å². The summed E-state index contributed by atoms with van der Waals surface area (Å²) in [6.07, 6.45) is 0.980. The summed E-state index contributed by atoms with van der Waals surface area (Å²) in [5.41, 5.74) is 0.724. The molecule has 2 nitrogen and oxygen atoms in total. The highest BCUT2D eigenvalue weighted by atomic mass is 16.7. The van der Waals surface area contributed by atoms with Crippen LogP contribution in [0.5, 0.6) is 0 Å². The van der Waals surface area contributed by atoms with Crippen LogP contribution in [-0.2, 0) is 14.6 Å². The molecule has 0 aromatic heterocycles. The van der Waals surface area contributed by atoms with Gasteiger partial charge in [-0.15, -0.1) is 0 Å². The van der Waals surface area contributed by atoms with Crippen molar-refractivity contribution in [2.45, 2.75) is 64.5 Å². The van der Waals surface area contributed by atoms with E-state index >= 15 is 0 Å². The van der Waals surface area contributed by atoms with E-state index in [1.807, 2.05) is 6.07 Å². The molecule has 0 amide bonds. The lowest BCUT2D eigenvalue weighted by Gasteiger charge is -2.32. The summed E-state index contributed by atoms with van der Waals surface area (Å²) < 4.78 is 12.5. The van der Waals surface area contributed by atoms with Crippen LogP contribution in [0.15, 0.2) is 30.3 Å². The largest absolute Gasteiger partial charge is 0.468 e. The van der Waals surface area contributed by atoms with Gasteiger partial charge in [-0.2, -0.15) is 0 Å². The third kappa shape index (κ3) is 2.34. The quantitative estimate of drug-likeness (QED) is 0.765. The zero-order chi connectivity index (χ0) is 14.3. The Bertz CT molecular complexity index is 425. The standard InChI is InChI=1S/C16H25BO2/c1-7-16(6,13-11-9-8-10-12-13)17-18-14(2,3)15(4,5)19-17/h8-12H,7H2,1-6H3/t16-/m1/s1. The summed E-state index contributed by atoms with van der Waals surface area (Å²) in [5, 5.41) is -0.119. The molecule has 104 valence electrons. The highest BCUT2D eigenvalue weighted by Gasteiger charge is 2.57. The first-order chi connectivity index (χ1) is 8.73. The molecular weight excluding hydrogens is 235 g/mol. The Labute approximate surface area is 117 Å². The van der Waals surface area contributed by atoms with Gasteiger partial charge >= 0.3 is 7.12 Å². The Morgan fingerprint density at radius 2 is 1.47 bits per heavy atom. The van der Waals surface area contributed by atoms with Crippen molar-refractivity contribution in [3.8, 4) is 0 Å². The Morgan fingerprint density at radius 3 is 1.89 bits per heavy atom. The van der Waals surface area contributed by atoms with E-state index in [0.717, 1.165) is 6.42 Å². The smallest absolute Gasteiger partial charge is 0.403 e. The van der Waals surface area contributed by atoms with E-state index in [2.05, 4.69) is 65.8 Å². The van der Waals surface area contributed by atoms with Crippen LogP contribution < -0.4 is 0 Å². The van der Waals surface area contributed by atoms with Gasteiger partial charge in [-0.25, -0.2) is 0 Å². The molecule has 0 unspecified atom stereocenters. The highest BCUT2D eigenvalue weighted by molar-refractivity contribution is 6.49. The molecule has 1 aromatic carbocycles. The molecule has 2 rings (SSSR count). The van der Waals surface area contributed by atoms with Crippen molar-refractivity contribution in [3.63, 3.8) is 0 Å². The van der Waals surface area contributed by atoms with Crippen LogP contribution >= 0.6 is 0 Å². The summed E-state index contributed by atoms with van der Waals surface area (Å²) in [6.45, 7) is 12.8. The molecule has 19 heavy (non-hydrogen) atoms. The van der Waals surface area contributed by atoms with E-state index in [0.29, 0.717) is 0 Å². The van der Waals surface area contributed by atoms with Gasteiger partial charge in [0.05, 0.1) is 11.2 Å². The summed E-state index contributed by atoms with van der Waals surface area (Å²) in [4.78, 5) is 0. The van der Waals surface area contributed by atoms with E-state index in [9.17, 15) is 0 Å². The van der Waals surface area contributed by atoms with Crippen LogP contribution in [-0.4, -0.2) is 18.3 Å². The molecule has 1 aromatic rings. The molecule has 1 saturated heterocycles. The highest BCUT2D eigenvalue weighted by Crippen LogP contribution is 2.44. The molecule has 1 atom stereocenters. The Balaban J connectivity index is 2.35. The molecular formula is C16H25BO2. The summed E-state index contributed by atoms with van der Waals surface area (Å²) >= 11 is 0. The molecule has 0 bridgehead atoms. The predicted molar refractivity (Wildman–Crippen MR) is 80.2 cm³/mol. The second kappa shape index (κ2) is 4.64. The second-order valence-corrected chi connectivity index (χ2v) is 6.73. The van der Waals surface area contributed by atoms with Crippen LogP contribution in [0.3, 0.4) is 0 Å². The average molecular weight is 260 g/mol. The maximum absolute atomic E-state index is 6.25. The minimum Gasteiger partial charge on any atom is -0.403 e. The van der Waals surface area contributed by atoms with E-state index in [4.69, 9.17) is 9.31 Å². The molecule has 0 saturated carbocycles. The van der Waals surface area contributed by atoms with Crippen LogP contribution in [0.1, 0.15) is 53.5 Å². The van der Waals surface area contributed by atoms with Crippen molar-refractivity contribution in [1.29, 1.82) is 0 Å². The van der Waals surface area contributed by atoms with Crippen molar-refractivity contribution in [2.24, 2.45) is 0 Å². The fourth-order valence-corrected chi connectivity index (χ4v) is 2.43. The monoisotopic (exact) mass is 260 g/mol. The maximum Gasteiger partial charge on any atom is 0.468 e. The summed E-state index contributed by atoms with van der Waals surface area (Å²) in [7, 11) is -0.204. The van der Waals surface area contributed by atoms with Gasteiger partial charge in [0.1, 0.15) is 0 Å². The summed E-state index contributed by atoms with van der Waals surface area (Å²) in [6, 6.07) is 10.5. The third-order valence-corrected chi connectivity index (χ3v) is 4.94. The van der Waals surface area contributed by atoms with E-state index in [1.54, 1.807) is 0 Å². The molecule has 1 fully saturated rings. The molecule has 0 aliphatic carbocycles. The Hall–Kier alpha value is -0.795. The van der Waals surface area contributed by atoms with Crippen LogP contribution in [0.25, 0.3) is 0 Å². The molecule has 3 heteroatoms. The van der Waals surface area contributed by atoms with Gasteiger partial charge in [-0.1, -0.05) is 44.2 Å². The van der Waals surface area contributed by atoms with Crippen LogP contribution in [0.4, 0.5) is 0 Å². The second-order valence-electron chi connectivity index (χ2n) is 6.73. The molecule has 0 radical (unpaired) electrons. The lowest BCUT2D eigenvalue weighted by molar-refractivity contribution is 0.00578. The van der Waals surface area contributed by atoms with Crippen LogP contribution in [0, 0.1) is 0 Å². The van der Waals surface area contributed by atoms with Gasteiger partial charge < -0.3 is 9.31 Å². The zero-order valence-corrected chi connectivity index (χ0v) is 13.0. The molecule has 0 spiro atoms. The van der Waals surface area contributed by atoms with Crippen molar-refractivity contribution in [1.82, 2.24) is 0 Å². The fraction of sp³-hybridized carbons (Fsp3) is 0.625. The van der Waals surface area contributed by atoms with Gasteiger partial charge in [0.2, 0.25) is 0 Å². The third-order valence-electron chi connectivity index (χ3n) is 4.94. The zero-order valence-electron chi connectivity index (χ0n) is 13.0. The summed E-state index contributed by atoms with van der Waals surface area (Å²) in [5.74, 6) is 0. The van der Waals surface area contributed by atoms with Gasteiger partial charge in [0.25, 0.3) is 0 Å². The van der Waals surface area contributed by atoms with Crippen molar-refractivity contribution >= 4 is 7.12 Å². The van der Waals surface area contributed by atoms with E-state index < -0.39 is 0 Å². The van der Waals surface area contributed by atoms with Crippen molar-refractivity contribution in [2.75, 3.05) is 0 Å². The minimum absolute atomic E-state index is 0.119. The molecule has 1 heterocycles. The topological polar surface area (TPSA) is 18.5 Å². The van der Waals surface area contributed by atoms with Gasteiger partial charge in [-0.05, 0) is 39.7 Å². The lowest BCUT2D eigenvalue weighted by atomic mass is 9.53. The van der Waals surface area contributed by atoms with Crippen molar-refractivity contribution < 1.29 is 9.31 Å². The number of hydrogen-bond acceptors (Lipinski definition) is 2. The van der Waals surface area contributed by atoms with Crippen molar-refractivity contribution in [3.05, 3.63) is 35.9 Å². The first-order valence-electron chi connectivity index (χ1n) is 7.14. The van der Waals surface area contributed by atoms with E-state index in [-0.39, 0.29) is 23.6 Å². The average Bonchev–Trinajstić information content (AvgIpc) is 2.59. The van der Waals surface area contributed by atoms with Gasteiger partial charge in [0, 0.05) is 5.31 Å². The van der Waals surface area contributed by atoms with Crippen LogP contribution in [0.2, 0.25) is 0 Å². The SMILES string of the molecule is CC[C@@](C)(B1OC(C)(C)C(C)(C)O1)c1ccccc1. The van der Waals surface area contributed by atoms with Gasteiger partial charge in [-0.3, -0.25) is 0 Å². The number of rotatable bonds is 3. The molecule has 1 aliphatic rings.